The highest BCUT2D eigenvalue weighted by Crippen LogP contribution is 2.28. The average molecular weight is 352 g/mol. The predicted octanol–water partition coefficient (Wildman–Crippen LogP) is 4.55. The van der Waals surface area contributed by atoms with E-state index in [1.807, 2.05) is 54.3 Å². The molecule has 4 nitrogen and oxygen atoms in total. The quantitative estimate of drug-likeness (QED) is 0.766. The van der Waals surface area contributed by atoms with E-state index in [-0.39, 0.29) is 11.8 Å². The molecule has 2 aromatic rings. The van der Waals surface area contributed by atoms with Gasteiger partial charge in [0.25, 0.3) is 0 Å². The Bertz CT molecular complexity index is 721. The van der Waals surface area contributed by atoms with Crippen molar-refractivity contribution in [3.63, 3.8) is 0 Å². The molecule has 138 valence electrons. The number of hydrogen-bond acceptors (Lipinski definition) is 3. The molecule has 1 aliphatic carbocycles. The van der Waals surface area contributed by atoms with Crippen molar-refractivity contribution in [1.82, 2.24) is 4.98 Å². The Kier molecular flexibility index (Phi) is 6.26. The van der Waals surface area contributed by atoms with Gasteiger partial charge < -0.3 is 9.64 Å². The smallest absolute Gasteiger partial charge is 0.230 e. The highest BCUT2D eigenvalue weighted by Gasteiger charge is 2.27. The van der Waals surface area contributed by atoms with Crippen LogP contribution in [0.2, 0.25) is 0 Å². The molecule has 1 amide bonds. The molecule has 0 saturated heterocycles. The lowest BCUT2D eigenvalue weighted by Gasteiger charge is -2.29. The maximum Gasteiger partial charge on any atom is 0.230 e. The van der Waals surface area contributed by atoms with Crippen molar-refractivity contribution in [2.45, 2.75) is 45.4 Å². The number of carbonyl (C=O) groups is 1. The van der Waals surface area contributed by atoms with Crippen LogP contribution in [-0.4, -0.2) is 24.5 Å². The summed E-state index contributed by atoms with van der Waals surface area (Å²) in [7, 11) is 1.66. The van der Waals surface area contributed by atoms with E-state index in [9.17, 15) is 4.79 Å². The Hall–Kier alpha value is -2.36. The Balaban J connectivity index is 1.78. The van der Waals surface area contributed by atoms with Gasteiger partial charge in [0.15, 0.2) is 0 Å². The second-order valence-corrected chi connectivity index (χ2v) is 7.04. The van der Waals surface area contributed by atoms with Crippen LogP contribution in [0.4, 0.5) is 5.69 Å². The normalized spacial score (nSPS) is 14.8. The number of ether oxygens (including phenoxy) is 1. The van der Waals surface area contributed by atoms with Crippen molar-refractivity contribution in [3.8, 4) is 5.75 Å². The summed E-state index contributed by atoms with van der Waals surface area (Å²) in [5.74, 6) is 1.21. The van der Waals surface area contributed by atoms with Crippen LogP contribution in [0.15, 0.2) is 42.5 Å². The zero-order valence-electron chi connectivity index (χ0n) is 15.8. The molecule has 1 aromatic carbocycles. The Morgan fingerprint density at radius 2 is 1.85 bits per heavy atom. The van der Waals surface area contributed by atoms with Crippen LogP contribution in [0.25, 0.3) is 0 Å². The van der Waals surface area contributed by atoms with Crippen LogP contribution >= 0.6 is 0 Å². The minimum atomic E-state index is 0.149. The highest BCUT2D eigenvalue weighted by molar-refractivity contribution is 5.95. The first-order valence-electron chi connectivity index (χ1n) is 9.55. The first-order chi connectivity index (χ1) is 12.7. The lowest BCUT2D eigenvalue weighted by atomic mass is 9.88. The van der Waals surface area contributed by atoms with Crippen molar-refractivity contribution < 1.29 is 9.53 Å². The number of hydrogen-bond donors (Lipinski definition) is 0. The van der Waals surface area contributed by atoms with Crippen molar-refractivity contribution in [3.05, 3.63) is 53.9 Å². The fourth-order valence-electron chi connectivity index (χ4n) is 3.66. The van der Waals surface area contributed by atoms with Crippen LogP contribution in [-0.2, 0) is 11.2 Å². The number of rotatable bonds is 6. The number of carbonyl (C=O) groups excluding carboxylic acids is 1. The summed E-state index contributed by atoms with van der Waals surface area (Å²) in [5, 5.41) is 0. The number of aromatic nitrogens is 1. The van der Waals surface area contributed by atoms with Gasteiger partial charge in [0, 0.05) is 36.0 Å². The van der Waals surface area contributed by atoms with Crippen LogP contribution in [0.5, 0.6) is 5.75 Å². The predicted molar refractivity (Wildman–Crippen MR) is 105 cm³/mol. The average Bonchev–Trinajstić information content (AvgIpc) is 2.69. The maximum absolute atomic E-state index is 13.2. The number of methoxy groups -OCH3 is 1. The van der Waals surface area contributed by atoms with E-state index < -0.39 is 0 Å². The van der Waals surface area contributed by atoms with Crippen LogP contribution in [0, 0.1) is 12.8 Å². The monoisotopic (exact) mass is 352 g/mol. The van der Waals surface area contributed by atoms with Gasteiger partial charge in [-0.1, -0.05) is 25.3 Å². The zero-order chi connectivity index (χ0) is 18.4. The molecule has 3 rings (SSSR count). The lowest BCUT2D eigenvalue weighted by Crippen LogP contribution is -2.38. The van der Waals surface area contributed by atoms with Gasteiger partial charge >= 0.3 is 0 Å². The number of benzene rings is 1. The van der Waals surface area contributed by atoms with Gasteiger partial charge in [-0.25, -0.2) is 0 Å². The SMILES string of the molecule is COc1ccc(N(CCc2cccc(C)n2)C(=O)C2CCCCC2)cc1. The summed E-state index contributed by atoms with van der Waals surface area (Å²) in [5.41, 5.74) is 2.98. The van der Waals surface area contributed by atoms with E-state index in [1.54, 1.807) is 7.11 Å². The molecule has 1 fully saturated rings. The van der Waals surface area contributed by atoms with E-state index in [4.69, 9.17) is 4.74 Å². The van der Waals surface area contributed by atoms with Gasteiger partial charge in [0.2, 0.25) is 5.91 Å². The summed E-state index contributed by atoms with van der Waals surface area (Å²) in [6.45, 7) is 2.65. The third kappa shape index (κ3) is 4.63. The largest absolute Gasteiger partial charge is 0.497 e. The number of anilines is 1. The molecule has 0 bridgehead atoms. The van der Waals surface area contributed by atoms with Crippen molar-refractivity contribution in [2.24, 2.45) is 5.92 Å². The minimum Gasteiger partial charge on any atom is -0.497 e. The molecule has 0 atom stereocenters. The summed E-state index contributed by atoms with van der Waals surface area (Å²) >= 11 is 0. The van der Waals surface area contributed by atoms with Crippen molar-refractivity contribution in [2.75, 3.05) is 18.6 Å². The molecule has 0 unspecified atom stereocenters. The molecule has 0 spiro atoms. The third-order valence-electron chi connectivity index (χ3n) is 5.14. The van der Waals surface area contributed by atoms with E-state index in [2.05, 4.69) is 4.98 Å². The van der Waals surface area contributed by atoms with Gasteiger partial charge in [-0.15, -0.1) is 0 Å². The Morgan fingerprint density at radius 3 is 2.50 bits per heavy atom. The van der Waals surface area contributed by atoms with E-state index in [0.29, 0.717) is 6.54 Å². The molecule has 0 aliphatic heterocycles. The highest BCUT2D eigenvalue weighted by atomic mass is 16.5. The molecule has 4 heteroatoms. The third-order valence-corrected chi connectivity index (χ3v) is 5.14. The molecule has 26 heavy (non-hydrogen) atoms. The fourth-order valence-corrected chi connectivity index (χ4v) is 3.66. The summed E-state index contributed by atoms with van der Waals surface area (Å²) < 4.78 is 5.25. The minimum absolute atomic E-state index is 0.149. The molecule has 1 aromatic heterocycles. The van der Waals surface area contributed by atoms with E-state index >= 15 is 0 Å². The Morgan fingerprint density at radius 1 is 1.12 bits per heavy atom. The second-order valence-electron chi connectivity index (χ2n) is 7.04. The van der Waals surface area contributed by atoms with Crippen LogP contribution in [0.3, 0.4) is 0 Å². The summed E-state index contributed by atoms with van der Waals surface area (Å²) in [6.07, 6.45) is 6.34. The van der Waals surface area contributed by atoms with Gasteiger partial charge in [0.1, 0.15) is 5.75 Å². The first-order valence-corrected chi connectivity index (χ1v) is 9.55. The number of aryl methyl sites for hydroxylation is 1. The van der Waals surface area contributed by atoms with Gasteiger partial charge in [0.05, 0.1) is 7.11 Å². The summed E-state index contributed by atoms with van der Waals surface area (Å²) in [4.78, 5) is 19.7. The second kappa shape index (κ2) is 8.84. The number of amides is 1. The molecule has 1 aliphatic rings. The maximum atomic E-state index is 13.2. The van der Waals surface area contributed by atoms with Crippen molar-refractivity contribution in [1.29, 1.82) is 0 Å². The zero-order valence-corrected chi connectivity index (χ0v) is 15.8. The molecule has 1 heterocycles. The van der Waals surface area contributed by atoms with Gasteiger partial charge in [-0.2, -0.15) is 0 Å². The van der Waals surface area contributed by atoms with Gasteiger partial charge in [-0.3, -0.25) is 9.78 Å². The standard InChI is InChI=1S/C22H28N2O2/c1-17-7-6-10-19(23-17)15-16-24(20-11-13-21(26-2)14-12-20)22(25)18-8-4-3-5-9-18/h6-7,10-14,18H,3-5,8-9,15-16H2,1-2H3. The molecule has 0 N–H and O–H groups in total. The van der Waals surface area contributed by atoms with Crippen LogP contribution < -0.4 is 9.64 Å². The summed E-state index contributed by atoms with van der Waals surface area (Å²) in [6, 6.07) is 13.8. The van der Waals surface area contributed by atoms with E-state index in [1.165, 1.54) is 6.42 Å². The molecule has 1 saturated carbocycles. The molecular formula is C22H28N2O2. The van der Waals surface area contributed by atoms with Crippen molar-refractivity contribution >= 4 is 11.6 Å². The van der Waals surface area contributed by atoms with E-state index in [0.717, 1.165) is 54.9 Å². The lowest BCUT2D eigenvalue weighted by molar-refractivity contribution is -0.123. The first kappa shape index (κ1) is 18.4. The molecular weight excluding hydrogens is 324 g/mol. The Labute approximate surface area is 156 Å². The van der Waals surface area contributed by atoms with Crippen LogP contribution in [0.1, 0.15) is 43.5 Å². The molecule has 0 radical (unpaired) electrons. The topological polar surface area (TPSA) is 42.4 Å². The number of nitrogens with zero attached hydrogens (tertiary/aromatic N) is 2. The van der Waals surface area contributed by atoms with Gasteiger partial charge in [-0.05, 0) is 56.2 Å². The number of pyridine rings is 1. The fraction of sp³-hybridized carbons (Fsp3) is 0.455.